The van der Waals surface area contributed by atoms with Gasteiger partial charge in [-0.1, -0.05) is 23.7 Å². The van der Waals surface area contributed by atoms with Gasteiger partial charge in [0.15, 0.2) is 0 Å². The third kappa shape index (κ3) is 2.13. The summed E-state index contributed by atoms with van der Waals surface area (Å²) in [7, 11) is 0. The van der Waals surface area contributed by atoms with E-state index < -0.39 is 0 Å². The maximum absolute atomic E-state index is 5.82. The highest BCUT2D eigenvalue weighted by atomic mass is 35.5. The summed E-state index contributed by atoms with van der Waals surface area (Å²) in [5, 5.41) is 4.78. The highest BCUT2D eigenvalue weighted by Crippen LogP contribution is 2.17. The molecule has 4 heteroatoms. The number of nitrogens with two attached hydrogens (primary N) is 1. The number of nitrogens with zero attached hydrogens (tertiary/aromatic N) is 2. The molecular formula is C11H12ClN3. The molecule has 2 rings (SSSR count). The molecular weight excluding hydrogens is 210 g/mol. The van der Waals surface area contributed by atoms with Gasteiger partial charge in [0.1, 0.15) is 0 Å². The van der Waals surface area contributed by atoms with E-state index in [4.69, 9.17) is 17.3 Å². The van der Waals surface area contributed by atoms with Gasteiger partial charge in [0.05, 0.1) is 17.8 Å². The van der Waals surface area contributed by atoms with E-state index in [9.17, 15) is 0 Å². The van der Waals surface area contributed by atoms with Crippen molar-refractivity contribution in [2.45, 2.75) is 13.5 Å². The average Bonchev–Trinajstić information content (AvgIpc) is 2.59. The summed E-state index contributed by atoms with van der Waals surface area (Å²) in [6.45, 7) is 2.71. The Kier molecular flexibility index (Phi) is 2.64. The van der Waals surface area contributed by atoms with E-state index in [1.54, 1.807) is 17.1 Å². The van der Waals surface area contributed by atoms with Crippen molar-refractivity contribution in [1.82, 2.24) is 9.78 Å². The quantitative estimate of drug-likeness (QED) is 0.792. The highest BCUT2D eigenvalue weighted by Gasteiger charge is 2.02. The van der Waals surface area contributed by atoms with Crippen LogP contribution in [-0.4, -0.2) is 9.78 Å². The highest BCUT2D eigenvalue weighted by molar-refractivity contribution is 6.30. The molecule has 1 heterocycles. The van der Waals surface area contributed by atoms with Crippen molar-refractivity contribution in [3.63, 3.8) is 0 Å². The Hall–Kier alpha value is -1.48. The molecule has 0 spiro atoms. The summed E-state index contributed by atoms with van der Waals surface area (Å²) in [6, 6.07) is 5.89. The first-order chi connectivity index (χ1) is 7.16. The van der Waals surface area contributed by atoms with E-state index in [1.165, 1.54) is 0 Å². The molecule has 0 aliphatic rings. The van der Waals surface area contributed by atoms with Gasteiger partial charge in [-0.2, -0.15) is 5.10 Å². The minimum Gasteiger partial charge on any atom is -0.399 e. The zero-order valence-electron chi connectivity index (χ0n) is 8.44. The molecule has 15 heavy (non-hydrogen) atoms. The summed E-state index contributed by atoms with van der Waals surface area (Å²) < 4.78 is 1.80. The molecule has 0 bridgehead atoms. The molecule has 2 N–H and O–H groups in total. The topological polar surface area (TPSA) is 43.8 Å². The van der Waals surface area contributed by atoms with Crippen LogP contribution in [0.4, 0.5) is 5.69 Å². The molecule has 1 aromatic heterocycles. The number of aromatic nitrogens is 2. The standard InChI is InChI=1S/C11H12ClN3/c1-8-9(3-2-4-11(8)13)6-15-7-10(12)5-14-15/h2-5,7H,6,13H2,1H3. The van der Waals surface area contributed by atoms with Crippen LogP contribution in [-0.2, 0) is 6.54 Å². The Morgan fingerprint density at radius 1 is 1.47 bits per heavy atom. The van der Waals surface area contributed by atoms with Gasteiger partial charge in [-0.3, -0.25) is 4.68 Å². The van der Waals surface area contributed by atoms with Crippen molar-refractivity contribution in [1.29, 1.82) is 0 Å². The number of halogens is 1. The molecule has 1 aromatic carbocycles. The summed E-state index contributed by atoms with van der Waals surface area (Å²) in [5.41, 5.74) is 8.90. The number of hydrogen-bond acceptors (Lipinski definition) is 2. The molecule has 0 atom stereocenters. The lowest BCUT2D eigenvalue weighted by molar-refractivity contribution is 0.684. The zero-order valence-corrected chi connectivity index (χ0v) is 9.20. The van der Waals surface area contributed by atoms with Crippen LogP contribution >= 0.6 is 11.6 Å². The predicted octanol–water partition coefficient (Wildman–Crippen LogP) is 2.48. The van der Waals surface area contributed by atoms with Crippen molar-refractivity contribution in [2.24, 2.45) is 0 Å². The lowest BCUT2D eigenvalue weighted by Gasteiger charge is -2.07. The van der Waals surface area contributed by atoms with Gasteiger partial charge in [-0.15, -0.1) is 0 Å². The molecule has 78 valence electrons. The summed E-state index contributed by atoms with van der Waals surface area (Å²) >= 11 is 5.79. The smallest absolute Gasteiger partial charge is 0.0785 e. The van der Waals surface area contributed by atoms with Crippen LogP contribution in [0, 0.1) is 6.92 Å². The van der Waals surface area contributed by atoms with Crippen LogP contribution in [0.3, 0.4) is 0 Å². The fraction of sp³-hybridized carbons (Fsp3) is 0.182. The average molecular weight is 222 g/mol. The largest absolute Gasteiger partial charge is 0.399 e. The number of benzene rings is 1. The zero-order chi connectivity index (χ0) is 10.8. The summed E-state index contributed by atoms with van der Waals surface area (Å²) in [4.78, 5) is 0. The Balaban J connectivity index is 2.28. The van der Waals surface area contributed by atoms with Crippen LogP contribution in [0.5, 0.6) is 0 Å². The first-order valence-electron chi connectivity index (χ1n) is 4.69. The molecule has 0 aliphatic carbocycles. The van der Waals surface area contributed by atoms with Crippen LogP contribution in [0.25, 0.3) is 0 Å². The van der Waals surface area contributed by atoms with E-state index in [1.807, 2.05) is 25.1 Å². The van der Waals surface area contributed by atoms with Crippen LogP contribution in [0.1, 0.15) is 11.1 Å². The SMILES string of the molecule is Cc1c(N)cccc1Cn1cc(Cl)cn1. The van der Waals surface area contributed by atoms with E-state index >= 15 is 0 Å². The van der Waals surface area contributed by atoms with Crippen LogP contribution < -0.4 is 5.73 Å². The maximum Gasteiger partial charge on any atom is 0.0785 e. The number of rotatable bonds is 2. The first-order valence-corrected chi connectivity index (χ1v) is 5.06. The molecule has 0 saturated carbocycles. The minimum absolute atomic E-state index is 0.650. The predicted molar refractivity (Wildman–Crippen MR) is 61.9 cm³/mol. The maximum atomic E-state index is 5.82. The van der Waals surface area contributed by atoms with Gasteiger partial charge in [-0.05, 0) is 24.1 Å². The van der Waals surface area contributed by atoms with Crippen LogP contribution in [0.2, 0.25) is 5.02 Å². The third-order valence-electron chi connectivity index (χ3n) is 2.42. The number of anilines is 1. The number of nitrogen functional groups attached to an aromatic ring is 1. The molecule has 2 aromatic rings. The Morgan fingerprint density at radius 3 is 2.93 bits per heavy atom. The Morgan fingerprint density at radius 2 is 2.27 bits per heavy atom. The van der Waals surface area contributed by atoms with Crippen LogP contribution in [0.15, 0.2) is 30.6 Å². The Bertz CT molecular complexity index is 476. The fourth-order valence-electron chi connectivity index (χ4n) is 1.47. The van der Waals surface area contributed by atoms with Gasteiger partial charge in [0, 0.05) is 11.9 Å². The minimum atomic E-state index is 0.650. The monoisotopic (exact) mass is 221 g/mol. The fourth-order valence-corrected chi connectivity index (χ4v) is 1.63. The van der Waals surface area contributed by atoms with Gasteiger partial charge in [0.2, 0.25) is 0 Å². The van der Waals surface area contributed by atoms with Crippen molar-refractivity contribution in [3.05, 3.63) is 46.7 Å². The number of hydrogen-bond donors (Lipinski definition) is 1. The second-order valence-corrected chi connectivity index (χ2v) is 3.92. The summed E-state index contributed by atoms with van der Waals surface area (Å²) in [6.07, 6.45) is 3.42. The van der Waals surface area contributed by atoms with Crippen molar-refractivity contribution >= 4 is 17.3 Å². The van der Waals surface area contributed by atoms with E-state index in [2.05, 4.69) is 5.10 Å². The normalized spacial score (nSPS) is 10.5. The van der Waals surface area contributed by atoms with Gasteiger partial charge < -0.3 is 5.73 Å². The van der Waals surface area contributed by atoms with E-state index in [-0.39, 0.29) is 0 Å². The Labute approximate surface area is 93.5 Å². The molecule has 0 amide bonds. The van der Waals surface area contributed by atoms with E-state index in [0.717, 1.165) is 16.8 Å². The molecule has 0 fully saturated rings. The van der Waals surface area contributed by atoms with Gasteiger partial charge in [0.25, 0.3) is 0 Å². The summed E-state index contributed by atoms with van der Waals surface area (Å²) in [5.74, 6) is 0. The first kappa shape index (κ1) is 10.1. The van der Waals surface area contributed by atoms with Gasteiger partial charge >= 0.3 is 0 Å². The molecule has 0 saturated heterocycles. The second kappa shape index (κ2) is 3.95. The molecule has 3 nitrogen and oxygen atoms in total. The third-order valence-corrected chi connectivity index (χ3v) is 2.62. The molecule has 0 unspecified atom stereocenters. The van der Waals surface area contributed by atoms with Gasteiger partial charge in [-0.25, -0.2) is 0 Å². The van der Waals surface area contributed by atoms with E-state index in [0.29, 0.717) is 11.6 Å². The molecule has 0 radical (unpaired) electrons. The van der Waals surface area contributed by atoms with Crippen molar-refractivity contribution < 1.29 is 0 Å². The van der Waals surface area contributed by atoms with Crippen molar-refractivity contribution in [3.8, 4) is 0 Å². The lowest BCUT2D eigenvalue weighted by atomic mass is 10.1. The lowest BCUT2D eigenvalue weighted by Crippen LogP contribution is -2.03. The second-order valence-electron chi connectivity index (χ2n) is 3.49. The molecule has 0 aliphatic heterocycles. The van der Waals surface area contributed by atoms with Crippen molar-refractivity contribution in [2.75, 3.05) is 5.73 Å².